The Bertz CT molecular complexity index is 199. The molecule has 82 valence electrons. The van der Waals surface area contributed by atoms with Crippen LogP contribution in [0.5, 0.6) is 0 Å². The van der Waals surface area contributed by atoms with Crippen LogP contribution in [0.15, 0.2) is 0 Å². The molecule has 0 heterocycles. The van der Waals surface area contributed by atoms with Crippen molar-refractivity contribution in [1.82, 2.24) is 0 Å². The van der Waals surface area contributed by atoms with Crippen LogP contribution in [-0.2, 0) is 19.1 Å². The number of ether oxygens (including phenoxy) is 2. The largest absolute Gasteiger partial charge is 0.468 e. The molecule has 0 saturated heterocycles. The SMILES string of the molecule is COC(=O)C(C)(CCCI)C(=O)OC. The number of carbonyl (C=O) groups is 2. The average molecular weight is 314 g/mol. The van der Waals surface area contributed by atoms with E-state index in [2.05, 4.69) is 32.1 Å². The molecule has 0 saturated carbocycles. The van der Waals surface area contributed by atoms with Crippen LogP contribution < -0.4 is 0 Å². The number of halogens is 1. The van der Waals surface area contributed by atoms with Gasteiger partial charge in [0.15, 0.2) is 5.41 Å². The molecular weight excluding hydrogens is 299 g/mol. The maximum absolute atomic E-state index is 11.4. The molecule has 0 unspecified atom stereocenters. The summed E-state index contributed by atoms with van der Waals surface area (Å²) in [6, 6.07) is 0. The Balaban J connectivity index is 4.65. The number of carbonyl (C=O) groups excluding carboxylic acids is 2. The summed E-state index contributed by atoms with van der Waals surface area (Å²) in [5.41, 5.74) is -1.16. The van der Waals surface area contributed by atoms with Gasteiger partial charge in [-0.05, 0) is 24.2 Å². The van der Waals surface area contributed by atoms with Crippen molar-refractivity contribution in [2.75, 3.05) is 18.6 Å². The molecule has 0 bridgehead atoms. The van der Waals surface area contributed by atoms with Crippen LogP contribution in [0, 0.1) is 5.41 Å². The molecule has 0 aliphatic carbocycles. The first-order valence-electron chi connectivity index (χ1n) is 4.25. The molecule has 4 nitrogen and oxygen atoms in total. The maximum atomic E-state index is 11.4. The van der Waals surface area contributed by atoms with Crippen LogP contribution in [0.2, 0.25) is 0 Å². The zero-order valence-electron chi connectivity index (χ0n) is 8.63. The molecule has 0 aromatic heterocycles. The van der Waals surface area contributed by atoms with Gasteiger partial charge in [-0.1, -0.05) is 22.6 Å². The smallest absolute Gasteiger partial charge is 0.322 e. The lowest BCUT2D eigenvalue weighted by atomic mass is 9.86. The van der Waals surface area contributed by atoms with Crippen molar-refractivity contribution in [1.29, 1.82) is 0 Å². The highest BCUT2D eigenvalue weighted by Crippen LogP contribution is 2.27. The second kappa shape index (κ2) is 6.21. The molecule has 0 rings (SSSR count). The third-order valence-electron chi connectivity index (χ3n) is 2.08. The summed E-state index contributed by atoms with van der Waals surface area (Å²) >= 11 is 2.19. The second-order valence-corrected chi connectivity index (χ2v) is 4.19. The predicted molar refractivity (Wildman–Crippen MR) is 60.3 cm³/mol. The molecule has 0 fully saturated rings. The van der Waals surface area contributed by atoms with Crippen LogP contribution in [0.4, 0.5) is 0 Å². The third kappa shape index (κ3) is 3.11. The number of esters is 2. The molecule has 0 N–H and O–H groups in total. The second-order valence-electron chi connectivity index (χ2n) is 3.11. The fourth-order valence-electron chi connectivity index (χ4n) is 1.16. The summed E-state index contributed by atoms with van der Waals surface area (Å²) in [6.07, 6.45) is 1.23. The molecule has 0 amide bonds. The van der Waals surface area contributed by atoms with Crippen molar-refractivity contribution < 1.29 is 19.1 Å². The molecule has 0 radical (unpaired) electrons. The van der Waals surface area contributed by atoms with Crippen molar-refractivity contribution in [3.05, 3.63) is 0 Å². The van der Waals surface area contributed by atoms with E-state index in [0.29, 0.717) is 6.42 Å². The average Bonchev–Trinajstić information content (AvgIpc) is 2.23. The minimum absolute atomic E-state index is 0.454. The van der Waals surface area contributed by atoms with E-state index in [4.69, 9.17) is 0 Å². The summed E-state index contributed by atoms with van der Waals surface area (Å²) < 4.78 is 10.1. The summed E-state index contributed by atoms with van der Waals surface area (Å²) in [4.78, 5) is 22.8. The molecule has 0 aliphatic heterocycles. The summed E-state index contributed by atoms with van der Waals surface area (Å²) in [5.74, 6) is -1.07. The van der Waals surface area contributed by atoms with Gasteiger partial charge >= 0.3 is 11.9 Å². The van der Waals surface area contributed by atoms with Gasteiger partial charge in [0.1, 0.15) is 0 Å². The van der Waals surface area contributed by atoms with E-state index in [-0.39, 0.29) is 0 Å². The molecule has 0 aliphatic rings. The zero-order chi connectivity index (χ0) is 11.2. The summed E-state index contributed by atoms with van der Waals surface area (Å²) in [5, 5.41) is 0. The summed E-state index contributed by atoms with van der Waals surface area (Å²) in [6.45, 7) is 1.55. The molecule has 0 aromatic rings. The Morgan fingerprint density at radius 2 is 1.64 bits per heavy atom. The number of hydrogen-bond donors (Lipinski definition) is 0. The standard InChI is InChI=1S/C9H15IO4/c1-9(5-4-6-10,7(11)13-2)8(12)14-3/h4-6H2,1-3H3. The Hall–Kier alpha value is -0.330. The number of methoxy groups -OCH3 is 2. The van der Waals surface area contributed by atoms with Crippen molar-refractivity contribution in [2.24, 2.45) is 5.41 Å². The highest BCUT2D eigenvalue weighted by atomic mass is 127. The molecular formula is C9H15IO4. The van der Waals surface area contributed by atoms with E-state index >= 15 is 0 Å². The first kappa shape index (κ1) is 13.7. The van der Waals surface area contributed by atoms with Crippen molar-refractivity contribution in [2.45, 2.75) is 19.8 Å². The van der Waals surface area contributed by atoms with E-state index in [1.165, 1.54) is 14.2 Å². The highest BCUT2D eigenvalue weighted by molar-refractivity contribution is 14.1. The zero-order valence-corrected chi connectivity index (χ0v) is 10.8. The molecule has 0 aromatic carbocycles. The van der Waals surface area contributed by atoms with Crippen molar-refractivity contribution >= 4 is 34.5 Å². The Morgan fingerprint density at radius 1 is 1.21 bits per heavy atom. The summed E-state index contributed by atoms with van der Waals surface area (Å²) in [7, 11) is 2.54. The minimum Gasteiger partial charge on any atom is -0.468 e. The first-order chi connectivity index (χ1) is 6.52. The van der Waals surface area contributed by atoms with Gasteiger partial charge in [-0.2, -0.15) is 0 Å². The van der Waals surface area contributed by atoms with Gasteiger partial charge < -0.3 is 9.47 Å². The van der Waals surface area contributed by atoms with E-state index in [9.17, 15) is 9.59 Å². The van der Waals surface area contributed by atoms with Crippen LogP contribution in [0.1, 0.15) is 19.8 Å². The molecule has 5 heteroatoms. The van der Waals surface area contributed by atoms with Gasteiger partial charge in [0.2, 0.25) is 0 Å². The molecule has 0 spiro atoms. The fourth-order valence-corrected chi connectivity index (χ4v) is 1.54. The quantitative estimate of drug-likeness (QED) is 0.334. The Morgan fingerprint density at radius 3 is 1.93 bits per heavy atom. The Kier molecular flexibility index (Phi) is 6.06. The van der Waals surface area contributed by atoms with Crippen LogP contribution >= 0.6 is 22.6 Å². The maximum Gasteiger partial charge on any atom is 0.322 e. The monoisotopic (exact) mass is 314 g/mol. The van der Waals surface area contributed by atoms with Gasteiger partial charge in [-0.15, -0.1) is 0 Å². The van der Waals surface area contributed by atoms with Crippen LogP contribution in [0.3, 0.4) is 0 Å². The number of alkyl halides is 1. The fraction of sp³-hybridized carbons (Fsp3) is 0.778. The normalized spacial score (nSPS) is 10.9. The van der Waals surface area contributed by atoms with Gasteiger partial charge in [-0.25, -0.2) is 0 Å². The van der Waals surface area contributed by atoms with E-state index < -0.39 is 17.4 Å². The van der Waals surface area contributed by atoms with Gasteiger partial charge in [0, 0.05) is 0 Å². The Labute approximate surface area is 97.5 Å². The van der Waals surface area contributed by atoms with E-state index in [1.807, 2.05) is 0 Å². The lowest BCUT2D eigenvalue weighted by Crippen LogP contribution is -2.38. The lowest BCUT2D eigenvalue weighted by Gasteiger charge is -2.22. The van der Waals surface area contributed by atoms with Gasteiger partial charge in [-0.3, -0.25) is 9.59 Å². The number of rotatable bonds is 5. The van der Waals surface area contributed by atoms with Crippen molar-refractivity contribution in [3.8, 4) is 0 Å². The lowest BCUT2D eigenvalue weighted by molar-refractivity contribution is -0.168. The predicted octanol–water partition coefficient (Wildman–Crippen LogP) is 1.55. The van der Waals surface area contributed by atoms with E-state index in [0.717, 1.165) is 10.8 Å². The van der Waals surface area contributed by atoms with E-state index in [1.54, 1.807) is 6.92 Å². The topological polar surface area (TPSA) is 52.6 Å². The van der Waals surface area contributed by atoms with Gasteiger partial charge in [0.25, 0.3) is 0 Å². The third-order valence-corrected chi connectivity index (χ3v) is 2.85. The minimum atomic E-state index is -1.16. The molecule has 0 atom stereocenters. The molecule has 14 heavy (non-hydrogen) atoms. The van der Waals surface area contributed by atoms with Crippen LogP contribution in [0.25, 0.3) is 0 Å². The van der Waals surface area contributed by atoms with Crippen molar-refractivity contribution in [3.63, 3.8) is 0 Å². The van der Waals surface area contributed by atoms with Crippen LogP contribution in [-0.4, -0.2) is 30.6 Å². The van der Waals surface area contributed by atoms with Gasteiger partial charge in [0.05, 0.1) is 14.2 Å². The first-order valence-corrected chi connectivity index (χ1v) is 5.78. The highest BCUT2D eigenvalue weighted by Gasteiger charge is 2.42. The number of hydrogen-bond acceptors (Lipinski definition) is 4.